The average molecular weight is 454 g/mol. The highest BCUT2D eigenvalue weighted by molar-refractivity contribution is 14.1. The van der Waals surface area contributed by atoms with Crippen molar-refractivity contribution in [2.45, 2.75) is 0 Å². The minimum Gasteiger partial charge on any atom is -0.385 e. The van der Waals surface area contributed by atoms with Crippen LogP contribution in [-0.4, -0.2) is 21.8 Å². The molecular weight excluding hydrogens is 439 g/mol. The van der Waals surface area contributed by atoms with Crippen molar-refractivity contribution >= 4 is 28.3 Å². The molecule has 1 heterocycles. The lowest BCUT2D eigenvalue weighted by Gasteiger charge is -2.18. The van der Waals surface area contributed by atoms with Crippen molar-refractivity contribution in [1.29, 1.82) is 0 Å². The summed E-state index contributed by atoms with van der Waals surface area (Å²) >= 11 is 2.08. The molecule has 1 aliphatic heterocycles. The second-order valence-electron chi connectivity index (χ2n) is 5.73. The molecule has 2 aromatic rings. The Morgan fingerprint density at radius 2 is 1.65 bits per heavy atom. The number of hydrogen-bond acceptors (Lipinski definition) is 4. The van der Waals surface area contributed by atoms with E-state index in [1.54, 1.807) is 17.8 Å². The molecular formula is C20H15IN4O. The third kappa shape index (κ3) is 2.86. The maximum atomic E-state index is 12.6. The van der Waals surface area contributed by atoms with Gasteiger partial charge in [0.25, 0.3) is 0 Å². The molecule has 6 heteroatoms. The lowest BCUT2D eigenvalue weighted by molar-refractivity contribution is 0.824. The third-order valence-electron chi connectivity index (χ3n) is 4.11. The summed E-state index contributed by atoms with van der Waals surface area (Å²) in [5, 5.41) is 7.70. The lowest BCUT2D eigenvalue weighted by atomic mass is 10.1. The Balaban J connectivity index is 2.10. The number of nitrogens with zero attached hydrogens (tertiary/aromatic N) is 3. The van der Waals surface area contributed by atoms with Crippen LogP contribution in [0.1, 0.15) is 0 Å². The molecule has 26 heavy (non-hydrogen) atoms. The smallest absolute Gasteiger partial charge is 0.217 e. The zero-order valence-electron chi connectivity index (χ0n) is 14.0. The minimum absolute atomic E-state index is 0.0543. The Hall–Kier alpha value is -2.74. The molecule has 0 amide bonds. The third-order valence-corrected chi connectivity index (χ3v) is 5.11. The summed E-state index contributed by atoms with van der Waals surface area (Å²) in [5.74, 6) is 0.610. The standard InChI is InChI=1S/C20H15IN4O/c1-22-16-12-15-18(17(21)19(16)26)25(14-10-6-3-7-11-14)24-20(23-15)13-8-4-2-5-9-13/h2-12,22H,1H3. The molecule has 0 unspecified atom stereocenters. The molecule has 0 atom stereocenters. The van der Waals surface area contributed by atoms with Crippen LogP contribution in [0.3, 0.4) is 0 Å². The van der Waals surface area contributed by atoms with Gasteiger partial charge in [0.15, 0.2) is 5.82 Å². The fourth-order valence-electron chi connectivity index (χ4n) is 2.83. The van der Waals surface area contributed by atoms with Crippen molar-refractivity contribution in [3.63, 3.8) is 0 Å². The number of halogens is 1. The summed E-state index contributed by atoms with van der Waals surface area (Å²) in [5.41, 5.74) is 3.70. The van der Waals surface area contributed by atoms with E-state index in [4.69, 9.17) is 10.1 Å². The first-order valence-corrected chi connectivity index (χ1v) is 9.19. The molecule has 0 bridgehead atoms. The number of nitrogens with one attached hydrogen (secondary N) is 1. The Labute approximate surface area is 164 Å². The summed E-state index contributed by atoms with van der Waals surface area (Å²) in [4.78, 5) is 17.3. The normalized spacial score (nSPS) is 10.8. The van der Waals surface area contributed by atoms with Gasteiger partial charge in [0.05, 0.1) is 20.6 Å². The summed E-state index contributed by atoms with van der Waals surface area (Å²) < 4.78 is 2.39. The largest absolute Gasteiger partial charge is 0.385 e. The second kappa shape index (κ2) is 6.87. The van der Waals surface area contributed by atoms with Gasteiger partial charge >= 0.3 is 0 Å². The van der Waals surface area contributed by atoms with E-state index in [0.29, 0.717) is 20.8 Å². The van der Waals surface area contributed by atoms with Crippen LogP contribution in [0.25, 0.3) is 28.5 Å². The van der Waals surface area contributed by atoms with Crippen molar-refractivity contribution < 1.29 is 0 Å². The molecule has 0 saturated heterocycles. The minimum atomic E-state index is -0.0543. The Bertz CT molecular complexity index is 1090. The van der Waals surface area contributed by atoms with E-state index in [1.165, 1.54) is 0 Å². The number of benzene rings is 3. The molecule has 0 spiro atoms. The zero-order chi connectivity index (χ0) is 18.1. The van der Waals surface area contributed by atoms with Crippen molar-refractivity contribution in [2.24, 2.45) is 0 Å². The van der Waals surface area contributed by atoms with Crippen LogP contribution in [0.5, 0.6) is 0 Å². The number of anilines is 1. The molecule has 1 aliphatic carbocycles. The van der Waals surface area contributed by atoms with Crippen LogP contribution >= 0.6 is 22.6 Å². The first-order valence-electron chi connectivity index (χ1n) is 8.11. The van der Waals surface area contributed by atoms with Gasteiger partial charge in [0.1, 0.15) is 5.69 Å². The summed E-state index contributed by atoms with van der Waals surface area (Å²) in [7, 11) is 1.74. The highest BCUT2D eigenvalue weighted by atomic mass is 127. The van der Waals surface area contributed by atoms with E-state index in [0.717, 1.165) is 16.9 Å². The van der Waals surface area contributed by atoms with Gasteiger partial charge in [-0.1, -0.05) is 48.5 Å². The lowest BCUT2D eigenvalue weighted by Crippen LogP contribution is -2.19. The Kier molecular flexibility index (Phi) is 4.42. The molecule has 0 saturated carbocycles. The molecule has 128 valence electrons. The molecule has 0 radical (unpaired) electrons. The van der Waals surface area contributed by atoms with Crippen molar-refractivity contribution in [2.75, 3.05) is 12.4 Å². The van der Waals surface area contributed by atoms with Crippen LogP contribution in [0.2, 0.25) is 0 Å². The van der Waals surface area contributed by atoms with Gasteiger partial charge in [-0.25, -0.2) is 9.67 Å². The highest BCUT2D eigenvalue weighted by Gasteiger charge is 2.21. The predicted molar refractivity (Wildman–Crippen MR) is 112 cm³/mol. The fourth-order valence-corrected chi connectivity index (χ4v) is 3.62. The van der Waals surface area contributed by atoms with Crippen LogP contribution in [0.15, 0.2) is 71.5 Å². The molecule has 5 nitrogen and oxygen atoms in total. The van der Waals surface area contributed by atoms with Crippen molar-refractivity contribution in [1.82, 2.24) is 14.8 Å². The topological polar surface area (TPSA) is 59.8 Å². The van der Waals surface area contributed by atoms with Gasteiger partial charge in [0.2, 0.25) is 5.43 Å². The molecule has 0 fully saturated rings. The van der Waals surface area contributed by atoms with E-state index in [2.05, 4.69) is 27.9 Å². The number of fused-ring (bicyclic) bond motifs is 1. The van der Waals surface area contributed by atoms with Gasteiger partial charge in [-0.2, -0.15) is 0 Å². The molecule has 4 rings (SSSR count). The van der Waals surface area contributed by atoms with E-state index in [-0.39, 0.29) is 5.43 Å². The summed E-state index contributed by atoms with van der Waals surface area (Å²) in [6, 6.07) is 21.4. The SMILES string of the molecule is CNc1cc2nc(-c3ccccc3)nn(-c3ccccc3)c-2c(I)c1=O. The van der Waals surface area contributed by atoms with Crippen LogP contribution in [0, 0.1) is 3.57 Å². The molecule has 2 aliphatic rings. The van der Waals surface area contributed by atoms with Crippen LogP contribution < -0.4 is 10.7 Å². The Morgan fingerprint density at radius 3 is 2.31 bits per heavy atom. The monoisotopic (exact) mass is 454 g/mol. The maximum Gasteiger partial charge on any atom is 0.217 e. The van der Waals surface area contributed by atoms with Gasteiger partial charge in [0, 0.05) is 12.6 Å². The van der Waals surface area contributed by atoms with Crippen LogP contribution in [0.4, 0.5) is 5.69 Å². The summed E-state index contributed by atoms with van der Waals surface area (Å²) in [6.45, 7) is 0. The molecule has 0 aromatic heterocycles. The van der Waals surface area contributed by atoms with Gasteiger partial charge in [-0.05, 0) is 40.8 Å². The van der Waals surface area contributed by atoms with Crippen LogP contribution in [-0.2, 0) is 0 Å². The number of para-hydroxylation sites is 1. The number of hydrogen-bond donors (Lipinski definition) is 1. The number of rotatable bonds is 3. The van der Waals surface area contributed by atoms with E-state index < -0.39 is 0 Å². The second-order valence-corrected chi connectivity index (χ2v) is 6.81. The first kappa shape index (κ1) is 16.7. The van der Waals surface area contributed by atoms with Gasteiger partial charge in [-0.15, -0.1) is 5.10 Å². The molecule has 2 aromatic carbocycles. The Morgan fingerprint density at radius 1 is 1.00 bits per heavy atom. The predicted octanol–water partition coefficient (Wildman–Crippen LogP) is 4.05. The van der Waals surface area contributed by atoms with Gasteiger partial charge < -0.3 is 5.32 Å². The first-order chi connectivity index (χ1) is 12.7. The fraction of sp³-hybridized carbons (Fsp3) is 0.0500. The van der Waals surface area contributed by atoms with E-state index in [9.17, 15) is 4.79 Å². The maximum absolute atomic E-state index is 12.6. The zero-order valence-corrected chi connectivity index (χ0v) is 16.1. The average Bonchev–Trinajstić information content (AvgIpc) is 2.71. The molecule has 1 N–H and O–H groups in total. The van der Waals surface area contributed by atoms with E-state index in [1.807, 2.05) is 60.7 Å². The van der Waals surface area contributed by atoms with Crippen molar-refractivity contribution in [3.05, 3.63) is 80.5 Å². The number of aromatic nitrogens is 3. The van der Waals surface area contributed by atoms with Crippen molar-refractivity contribution in [3.8, 4) is 28.5 Å². The highest BCUT2D eigenvalue weighted by Crippen LogP contribution is 2.30. The quantitative estimate of drug-likeness (QED) is 0.475. The summed E-state index contributed by atoms with van der Waals surface area (Å²) in [6.07, 6.45) is 0. The van der Waals surface area contributed by atoms with E-state index >= 15 is 0 Å². The van der Waals surface area contributed by atoms with Gasteiger partial charge in [-0.3, -0.25) is 4.79 Å².